The maximum atomic E-state index is 5.92. The normalized spacial score (nSPS) is 10.4. The second-order valence-electron chi connectivity index (χ2n) is 2.92. The molecule has 1 aromatic rings. The van der Waals surface area contributed by atoms with Gasteiger partial charge in [0.25, 0.3) is 0 Å². The first-order chi connectivity index (χ1) is 6.24. The van der Waals surface area contributed by atoms with Crippen molar-refractivity contribution >= 4 is 23.4 Å². The lowest BCUT2D eigenvalue weighted by molar-refractivity contribution is 1.15. The topological polar surface area (TPSA) is 26.0 Å². The fraction of sp³-hybridized carbons (Fsp3) is 0.400. The molecule has 1 nitrogen and oxygen atoms in total. The molecule has 0 unspecified atom stereocenters. The summed E-state index contributed by atoms with van der Waals surface area (Å²) < 4.78 is 0. The number of hydrogen-bond donors (Lipinski definition) is 1. The van der Waals surface area contributed by atoms with E-state index >= 15 is 0 Å². The van der Waals surface area contributed by atoms with Crippen molar-refractivity contribution in [1.29, 1.82) is 0 Å². The summed E-state index contributed by atoms with van der Waals surface area (Å²) in [6.45, 7) is 2.77. The van der Waals surface area contributed by atoms with E-state index in [1.54, 1.807) is 0 Å². The lowest BCUT2D eigenvalue weighted by Crippen LogP contribution is -2.01. The van der Waals surface area contributed by atoms with Gasteiger partial charge in [-0.05, 0) is 24.1 Å². The highest BCUT2D eigenvalue weighted by Crippen LogP contribution is 2.19. The molecular weight excluding hydrogens is 202 g/mol. The second kappa shape index (κ2) is 5.53. The molecule has 0 saturated heterocycles. The Morgan fingerprint density at radius 3 is 2.85 bits per heavy atom. The van der Waals surface area contributed by atoms with Gasteiger partial charge in [0.2, 0.25) is 0 Å². The van der Waals surface area contributed by atoms with Crippen LogP contribution in [-0.4, -0.2) is 12.3 Å². The minimum atomic E-state index is 0.747. The predicted octanol–water partition coefficient (Wildman–Crippen LogP) is 2.84. The molecule has 3 heteroatoms. The van der Waals surface area contributed by atoms with E-state index in [0.29, 0.717) is 0 Å². The zero-order chi connectivity index (χ0) is 9.68. The molecule has 0 saturated carbocycles. The molecule has 0 aromatic heterocycles. The van der Waals surface area contributed by atoms with E-state index in [4.69, 9.17) is 17.3 Å². The number of hydrogen-bond acceptors (Lipinski definition) is 2. The summed E-state index contributed by atoms with van der Waals surface area (Å²) in [5.41, 5.74) is 7.87. The van der Waals surface area contributed by atoms with E-state index in [9.17, 15) is 0 Å². The molecule has 2 N–H and O–H groups in total. The molecule has 1 rings (SSSR count). The lowest BCUT2D eigenvalue weighted by atomic mass is 10.2. The third-order valence-corrected chi connectivity index (χ3v) is 3.24. The first kappa shape index (κ1) is 10.9. The van der Waals surface area contributed by atoms with Gasteiger partial charge < -0.3 is 5.73 Å². The van der Waals surface area contributed by atoms with Crippen LogP contribution < -0.4 is 5.73 Å². The van der Waals surface area contributed by atoms with Crippen LogP contribution in [0.1, 0.15) is 11.1 Å². The molecule has 1 aromatic carbocycles. The third-order valence-electron chi connectivity index (χ3n) is 1.75. The van der Waals surface area contributed by atoms with Crippen molar-refractivity contribution in [3.05, 3.63) is 34.3 Å². The van der Waals surface area contributed by atoms with Crippen molar-refractivity contribution in [3.8, 4) is 0 Å². The zero-order valence-corrected chi connectivity index (χ0v) is 9.29. The van der Waals surface area contributed by atoms with Crippen molar-refractivity contribution in [2.45, 2.75) is 12.7 Å². The van der Waals surface area contributed by atoms with Gasteiger partial charge >= 0.3 is 0 Å². The third kappa shape index (κ3) is 3.59. The monoisotopic (exact) mass is 215 g/mol. The minimum absolute atomic E-state index is 0.747. The second-order valence-corrected chi connectivity index (χ2v) is 4.44. The van der Waals surface area contributed by atoms with Gasteiger partial charge in [0.15, 0.2) is 0 Å². The van der Waals surface area contributed by atoms with Crippen LogP contribution in [0.4, 0.5) is 0 Å². The van der Waals surface area contributed by atoms with Crippen LogP contribution in [0.3, 0.4) is 0 Å². The van der Waals surface area contributed by atoms with Gasteiger partial charge in [0.05, 0.1) is 0 Å². The van der Waals surface area contributed by atoms with Crippen molar-refractivity contribution in [2.75, 3.05) is 12.3 Å². The van der Waals surface area contributed by atoms with Gasteiger partial charge in [0.1, 0.15) is 0 Å². The molecule has 72 valence electrons. The molecule has 0 aliphatic carbocycles. The molecule has 0 atom stereocenters. The Hall–Kier alpha value is -0.180. The largest absolute Gasteiger partial charge is 0.330 e. The van der Waals surface area contributed by atoms with Gasteiger partial charge in [-0.2, -0.15) is 11.8 Å². The molecule has 0 heterocycles. The summed E-state index contributed by atoms with van der Waals surface area (Å²) in [6.07, 6.45) is 0. The Balaban J connectivity index is 2.53. The Morgan fingerprint density at radius 1 is 1.46 bits per heavy atom. The van der Waals surface area contributed by atoms with Gasteiger partial charge in [-0.25, -0.2) is 0 Å². The van der Waals surface area contributed by atoms with Gasteiger partial charge in [-0.3, -0.25) is 0 Å². The van der Waals surface area contributed by atoms with Crippen molar-refractivity contribution < 1.29 is 0 Å². The molecule has 0 aliphatic heterocycles. The average molecular weight is 216 g/mol. The van der Waals surface area contributed by atoms with Crippen LogP contribution in [0.5, 0.6) is 0 Å². The molecule has 0 aliphatic rings. The van der Waals surface area contributed by atoms with E-state index < -0.39 is 0 Å². The molecule has 13 heavy (non-hydrogen) atoms. The van der Waals surface area contributed by atoms with E-state index in [2.05, 4.69) is 12.1 Å². The van der Waals surface area contributed by atoms with Crippen LogP contribution in [0.2, 0.25) is 5.02 Å². The first-order valence-corrected chi connectivity index (χ1v) is 5.80. The van der Waals surface area contributed by atoms with Crippen molar-refractivity contribution in [2.24, 2.45) is 5.73 Å². The summed E-state index contributed by atoms with van der Waals surface area (Å²) in [5, 5.41) is 0.840. The van der Waals surface area contributed by atoms with Crippen LogP contribution in [0, 0.1) is 6.92 Å². The Bertz CT molecular complexity index is 276. The summed E-state index contributed by atoms with van der Waals surface area (Å²) in [4.78, 5) is 0. The highest BCUT2D eigenvalue weighted by molar-refractivity contribution is 7.98. The van der Waals surface area contributed by atoms with Crippen LogP contribution in [0.15, 0.2) is 18.2 Å². The quantitative estimate of drug-likeness (QED) is 0.782. The van der Waals surface area contributed by atoms with E-state index in [0.717, 1.165) is 28.6 Å². The van der Waals surface area contributed by atoms with E-state index in [1.165, 1.54) is 5.56 Å². The molecule has 0 bridgehead atoms. The molecular formula is C10H14ClNS. The predicted molar refractivity (Wildman–Crippen MR) is 61.4 cm³/mol. The number of rotatable bonds is 4. The fourth-order valence-electron chi connectivity index (χ4n) is 1.07. The van der Waals surface area contributed by atoms with Gasteiger partial charge in [0, 0.05) is 23.1 Å². The number of thioether (sulfide) groups is 1. The smallest absolute Gasteiger partial charge is 0.0435 e. The maximum Gasteiger partial charge on any atom is 0.0435 e. The van der Waals surface area contributed by atoms with E-state index in [-0.39, 0.29) is 0 Å². The summed E-state index contributed by atoms with van der Waals surface area (Å²) in [5.74, 6) is 2.04. The minimum Gasteiger partial charge on any atom is -0.330 e. The van der Waals surface area contributed by atoms with Crippen molar-refractivity contribution in [3.63, 3.8) is 0 Å². The van der Waals surface area contributed by atoms with Crippen molar-refractivity contribution in [1.82, 2.24) is 0 Å². The van der Waals surface area contributed by atoms with Gasteiger partial charge in [-0.15, -0.1) is 0 Å². The highest BCUT2D eigenvalue weighted by atomic mass is 35.5. The standard InChI is InChI=1S/C10H14ClNS/c1-8-6-9(2-3-10(8)11)7-13-5-4-12/h2-3,6H,4-5,7,12H2,1H3. The molecule has 0 fully saturated rings. The summed E-state index contributed by atoms with van der Waals surface area (Å²) in [6, 6.07) is 6.15. The van der Waals surface area contributed by atoms with Crippen LogP contribution in [0.25, 0.3) is 0 Å². The number of benzene rings is 1. The maximum absolute atomic E-state index is 5.92. The van der Waals surface area contributed by atoms with Crippen LogP contribution >= 0.6 is 23.4 Å². The zero-order valence-electron chi connectivity index (χ0n) is 7.72. The SMILES string of the molecule is Cc1cc(CSCCN)ccc1Cl. The van der Waals surface area contributed by atoms with Gasteiger partial charge in [-0.1, -0.05) is 23.7 Å². The summed E-state index contributed by atoms with van der Waals surface area (Å²) >= 11 is 7.77. The number of nitrogens with two attached hydrogens (primary N) is 1. The number of halogens is 1. The Kier molecular flexibility index (Phi) is 4.64. The Morgan fingerprint density at radius 2 is 2.23 bits per heavy atom. The highest BCUT2D eigenvalue weighted by Gasteiger charge is 1.97. The number of aryl methyl sites for hydroxylation is 1. The molecule has 0 radical (unpaired) electrons. The molecule has 0 amide bonds. The lowest BCUT2D eigenvalue weighted by Gasteiger charge is -2.03. The average Bonchev–Trinajstić information content (AvgIpc) is 2.12. The molecule has 0 spiro atoms. The summed E-state index contributed by atoms with van der Waals surface area (Å²) in [7, 11) is 0. The van der Waals surface area contributed by atoms with E-state index in [1.807, 2.05) is 24.8 Å². The fourth-order valence-corrected chi connectivity index (χ4v) is 1.91. The first-order valence-electron chi connectivity index (χ1n) is 4.27. The Labute approximate surface area is 88.7 Å². The van der Waals surface area contributed by atoms with Crippen LogP contribution in [-0.2, 0) is 5.75 Å².